The lowest BCUT2D eigenvalue weighted by atomic mass is 9.87. The summed E-state index contributed by atoms with van der Waals surface area (Å²) in [5, 5.41) is 4.33. The molecule has 1 saturated heterocycles. The van der Waals surface area contributed by atoms with Crippen molar-refractivity contribution in [3.8, 4) is 5.75 Å². The van der Waals surface area contributed by atoms with Gasteiger partial charge in [0.1, 0.15) is 5.75 Å². The first-order valence-corrected chi connectivity index (χ1v) is 13.0. The number of nitrogens with zero attached hydrogens (tertiary/aromatic N) is 2. The molecule has 1 aliphatic heterocycles. The van der Waals surface area contributed by atoms with E-state index in [9.17, 15) is 4.79 Å². The van der Waals surface area contributed by atoms with Gasteiger partial charge in [-0.1, -0.05) is 66.7 Å². The molecule has 5 rings (SSSR count). The fourth-order valence-electron chi connectivity index (χ4n) is 5.24. The van der Waals surface area contributed by atoms with Crippen molar-refractivity contribution in [1.29, 1.82) is 0 Å². The second-order valence-electron chi connectivity index (χ2n) is 9.52. The number of hydrogen-bond donors (Lipinski definition) is 1. The Morgan fingerprint density at radius 2 is 1.68 bits per heavy atom. The molecule has 1 amide bonds. The maximum absolute atomic E-state index is 13.3. The van der Waals surface area contributed by atoms with E-state index in [0.29, 0.717) is 13.0 Å². The minimum absolute atomic E-state index is 0.0454. The zero-order chi connectivity index (χ0) is 25.5. The van der Waals surface area contributed by atoms with Crippen LogP contribution in [0.15, 0.2) is 85.1 Å². The Labute approximate surface area is 218 Å². The minimum atomic E-state index is -0.138. The molecule has 3 aromatic carbocycles. The maximum Gasteiger partial charge on any atom is 0.220 e. The molecule has 1 aromatic heterocycles. The summed E-state index contributed by atoms with van der Waals surface area (Å²) in [7, 11) is 1.69. The van der Waals surface area contributed by atoms with Gasteiger partial charge in [-0.2, -0.15) is 0 Å². The summed E-state index contributed by atoms with van der Waals surface area (Å²) < 4.78 is 13.5. The first-order chi connectivity index (χ1) is 18.2. The largest absolute Gasteiger partial charge is 0.496 e. The Bertz CT molecular complexity index is 1310. The van der Waals surface area contributed by atoms with Crippen LogP contribution in [0, 0.1) is 0 Å². The molecule has 1 N–H and O–H groups in total. The number of para-hydroxylation sites is 2. The summed E-state index contributed by atoms with van der Waals surface area (Å²) in [5.41, 5.74) is 4.56. The Balaban J connectivity index is 1.44. The maximum atomic E-state index is 13.3. The molecule has 0 bridgehead atoms. The van der Waals surface area contributed by atoms with E-state index >= 15 is 0 Å². The average Bonchev–Trinajstić information content (AvgIpc) is 3.31. The van der Waals surface area contributed by atoms with E-state index in [1.165, 1.54) is 5.56 Å². The Hall–Kier alpha value is -3.61. The molecule has 6 nitrogen and oxygen atoms in total. The van der Waals surface area contributed by atoms with Gasteiger partial charge >= 0.3 is 0 Å². The summed E-state index contributed by atoms with van der Waals surface area (Å²) in [6, 6.07) is 27.0. The SMILES string of the molecule is COc1ccccc1[C@@H](CC(=O)NCCN1CCOCC1)c1cn(Cc2ccccc2)c2ccccc12. The number of nitrogens with one attached hydrogen (secondary N) is 1. The molecule has 0 aliphatic carbocycles. The number of benzene rings is 3. The lowest BCUT2D eigenvalue weighted by molar-refractivity contribution is -0.121. The van der Waals surface area contributed by atoms with Gasteiger partial charge in [-0.05, 0) is 23.3 Å². The zero-order valence-electron chi connectivity index (χ0n) is 21.4. The van der Waals surface area contributed by atoms with Gasteiger partial charge < -0.3 is 19.4 Å². The van der Waals surface area contributed by atoms with Crippen molar-refractivity contribution in [3.63, 3.8) is 0 Å². The minimum Gasteiger partial charge on any atom is -0.496 e. The van der Waals surface area contributed by atoms with Gasteiger partial charge in [-0.25, -0.2) is 0 Å². The van der Waals surface area contributed by atoms with Crippen molar-refractivity contribution >= 4 is 16.8 Å². The first-order valence-electron chi connectivity index (χ1n) is 13.0. The van der Waals surface area contributed by atoms with E-state index in [1.54, 1.807) is 7.11 Å². The monoisotopic (exact) mass is 497 g/mol. The van der Waals surface area contributed by atoms with E-state index in [2.05, 4.69) is 75.6 Å². The summed E-state index contributed by atoms with van der Waals surface area (Å²) >= 11 is 0. The molecule has 0 radical (unpaired) electrons. The van der Waals surface area contributed by atoms with Crippen molar-refractivity contribution in [1.82, 2.24) is 14.8 Å². The van der Waals surface area contributed by atoms with E-state index in [0.717, 1.165) is 67.2 Å². The molecule has 0 unspecified atom stereocenters. The third-order valence-corrected chi connectivity index (χ3v) is 7.15. The molecule has 1 atom stereocenters. The molecule has 1 aliphatic rings. The van der Waals surface area contributed by atoms with Gasteiger partial charge in [0.25, 0.3) is 0 Å². The van der Waals surface area contributed by atoms with Gasteiger partial charge in [0.2, 0.25) is 5.91 Å². The Morgan fingerprint density at radius 1 is 0.946 bits per heavy atom. The second-order valence-corrected chi connectivity index (χ2v) is 9.52. The zero-order valence-corrected chi connectivity index (χ0v) is 21.4. The molecule has 192 valence electrons. The molecule has 4 aromatic rings. The third kappa shape index (κ3) is 6.04. The molecule has 0 spiro atoms. The number of methoxy groups -OCH3 is 1. The van der Waals surface area contributed by atoms with Crippen molar-refractivity contribution in [3.05, 3.63) is 102 Å². The molecule has 37 heavy (non-hydrogen) atoms. The van der Waals surface area contributed by atoms with E-state index < -0.39 is 0 Å². The van der Waals surface area contributed by atoms with Crippen LogP contribution in [0.5, 0.6) is 5.75 Å². The van der Waals surface area contributed by atoms with Crippen molar-refractivity contribution in [2.45, 2.75) is 18.9 Å². The highest BCUT2D eigenvalue weighted by atomic mass is 16.5. The van der Waals surface area contributed by atoms with Crippen molar-refractivity contribution < 1.29 is 14.3 Å². The number of carbonyl (C=O) groups excluding carboxylic acids is 1. The number of hydrogen-bond acceptors (Lipinski definition) is 4. The Kier molecular flexibility index (Phi) is 8.18. The summed E-state index contributed by atoms with van der Waals surface area (Å²) in [6.45, 7) is 5.60. The quantitative estimate of drug-likeness (QED) is 0.346. The molecule has 2 heterocycles. The molecule has 1 fully saturated rings. The van der Waals surface area contributed by atoms with Crippen LogP contribution in [-0.4, -0.2) is 61.9 Å². The van der Waals surface area contributed by atoms with Gasteiger partial charge in [-0.15, -0.1) is 0 Å². The van der Waals surface area contributed by atoms with Crippen LogP contribution >= 0.6 is 0 Å². The summed E-state index contributed by atoms with van der Waals surface area (Å²) in [5.74, 6) is 0.707. The van der Waals surface area contributed by atoms with E-state index in [1.807, 2.05) is 24.3 Å². The van der Waals surface area contributed by atoms with Gasteiger partial charge in [0.05, 0.1) is 20.3 Å². The number of amides is 1. The van der Waals surface area contributed by atoms with Crippen LogP contribution in [0.3, 0.4) is 0 Å². The number of aromatic nitrogens is 1. The van der Waals surface area contributed by atoms with E-state index in [-0.39, 0.29) is 11.8 Å². The number of fused-ring (bicyclic) bond motifs is 1. The van der Waals surface area contributed by atoms with Crippen molar-refractivity contribution in [2.24, 2.45) is 0 Å². The fourth-order valence-corrected chi connectivity index (χ4v) is 5.24. The lowest BCUT2D eigenvalue weighted by Gasteiger charge is -2.26. The highest BCUT2D eigenvalue weighted by molar-refractivity contribution is 5.87. The molecular formula is C31H35N3O3. The van der Waals surface area contributed by atoms with Gasteiger partial charge in [0.15, 0.2) is 0 Å². The first kappa shape index (κ1) is 25.1. The number of rotatable bonds is 10. The van der Waals surface area contributed by atoms with Crippen LogP contribution in [-0.2, 0) is 16.1 Å². The third-order valence-electron chi connectivity index (χ3n) is 7.15. The highest BCUT2D eigenvalue weighted by Crippen LogP contribution is 2.38. The second kappa shape index (κ2) is 12.1. The van der Waals surface area contributed by atoms with Gasteiger partial charge in [0, 0.05) is 67.7 Å². The van der Waals surface area contributed by atoms with Crippen LogP contribution in [0.4, 0.5) is 0 Å². The van der Waals surface area contributed by atoms with Crippen LogP contribution in [0.25, 0.3) is 10.9 Å². The number of carbonyl (C=O) groups is 1. The van der Waals surface area contributed by atoms with Crippen LogP contribution in [0.1, 0.15) is 29.0 Å². The molecule has 6 heteroatoms. The normalized spacial score (nSPS) is 14.9. The topological polar surface area (TPSA) is 55.7 Å². The summed E-state index contributed by atoms with van der Waals surface area (Å²) in [4.78, 5) is 15.6. The van der Waals surface area contributed by atoms with E-state index in [4.69, 9.17) is 9.47 Å². The lowest BCUT2D eigenvalue weighted by Crippen LogP contribution is -2.41. The fraction of sp³-hybridized carbons (Fsp3) is 0.323. The smallest absolute Gasteiger partial charge is 0.220 e. The number of ether oxygens (including phenoxy) is 2. The number of morpholine rings is 1. The molecular weight excluding hydrogens is 462 g/mol. The predicted molar refractivity (Wildman–Crippen MR) is 147 cm³/mol. The summed E-state index contributed by atoms with van der Waals surface area (Å²) in [6.07, 6.45) is 2.57. The van der Waals surface area contributed by atoms with Crippen molar-refractivity contribution in [2.75, 3.05) is 46.5 Å². The standard InChI is InChI=1S/C31H35N3O3/c1-36-30-14-8-6-12-26(30)27(21-31(35)32-15-16-33-17-19-37-20-18-33)28-23-34(22-24-9-3-2-4-10-24)29-13-7-5-11-25(28)29/h2-14,23,27H,15-22H2,1H3,(H,32,35)/t27-/m1/s1. The average molecular weight is 498 g/mol. The highest BCUT2D eigenvalue weighted by Gasteiger charge is 2.25. The van der Waals surface area contributed by atoms with Gasteiger partial charge in [-0.3, -0.25) is 9.69 Å². The molecule has 0 saturated carbocycles. The van der Waals surface area contributed by atoms with Crippen LogP contribution in [0.2, 0.25) is 0 Å². The predicted octanol–water partition coefficient (Wildman–Crippen LogP) is 4.67. The Morgan fingerprint density at radius 3 is 2.49 bits per heavy atom. The van der Waals surface area contributed by atoms with Crippen LogP contribution < -0.4 is 10.1 Å².